The van der Waals surface area contributed by atoms with Gasteiger partial charge in [-0.15, -0.1) is 0 Å². The lowest BCUT2D eigenvalue weighted by atomic mass is 9.86. The van der Waals surface area contributed by atoms with E-state index in [4.69, 9.17) is 0 Å². The molecule has 6 heteroatoms. The largest absolute Gasteiger partial charge is 0.353 e. The molecule has 1 aromatic rings. The molecule has 26 heavy (non-hydrogen) atoms. The first-order valence-electron chi connectivity index (χ1n) is 9.39. The Morgan fingerprint density at radius 3 is 2.35 bits per heavy atom. The Hall–Kier alpha value is -1.50. The number of piperidine rings is 1. The second kappa shape index (κ2) is 8.93. The number of carbonyl (C=O) groups excluding carboxylic acids is 1. The first kappa shape index (κ1) is 20.8. The second-order valence-corrected chi connectivity index (χ2v) is 7.66. The van der Waals surface area contributed by atoms with Crippen LogP contribution in [-0.4, -0.2) is 80.5 Å². The highest BCUT2D eigenvalue weighted by atomic mass is 19.1. The second-order valence-electron chi connectivity index (χ2n) is 7.66. The number of carbonyl (C=O) groups is 1. The molecule has 0 bridgehead atoms. The third kappa shape index (κ3) is 4.61. The minimum absolute atomic E-state index is 0.0482. The van der Waals surface area contributed by atoms with Gasteiger partial charge in [-0.2, -0.15) is 0 Å². The van der Waals surface area contributed by atoms with Crippen molar-refractivity contribution in [3.8, 4) is 0 Å². The molecule has 2 rings (SSSR count). The SMILES string of the molecule is CCN1CCC(CNC(=O)[C@H](c2ccccc2F)N(C)C)(N(C)C)CC1. The van der Waals surface area contributed by atoms with E-state index in [1.54, 1.807) is 37.2 Å². The summed E-state index contributed by atoms with van der Waals surface area (Å²) < 4.78 is 14.2. The van der Waals surface area contributed by atoms with Crippen LogP contribution in [0.1, 0.15) is 31.4 Å². The van der Waals surface area contributed by atoms with Crippen LogP contribution in [0.2, 0.25) is 0 Å². The average Bonchev–Trinajstić information content (AvgIpc) is 2.61. The lowest BCUT2D eigenvalue weighted by Gasteiger charge is -2.46. The van der Waals surface area contributed by atoms with E-state index in [0.717, 1.165) is 32.5 Å². The summed E-state index contributed by atoms with van der Waals surface area (Å²) in [4.78, 5) is 19.3. The Labute approximate surface area is 157 Å². The number of rotatable bonds is 7. The van der Waals surface area contributed by atoms with Crippen molar-refractivity contribution >= 4 is 5.91 Å². The third-order valence-corrected chi connectivity index (χ3v) is 5.74. The fourth-order valence-corrected chi connectivity index (χ4v) is 3.77. The number of nitrogens with zero attached hydrogens (tertiary/aromatic N) is 3. The predicted octanol–water partition coefficient (Wildman–Crippen LogP) is 1.96. The van der Waals surface area contributed by atoms with Gasteiger partial charge in [0.1, 0.15) is 11.9 Å². The van der Waals surface area contributed by atoms with Gasteiger partial charge in [-0.25, -0.2) is 4.39 Å². The quantitative estimate of drug-likeness (QED) is 0.803. The maximum atomic E-state index is 14.2. The standard InChI is InChI=1S/C20H33FN4O/c1-6-25-13-11-20(12-14-25,24(4)5)15-22-19(26)18(23(2)3)16-9-7-8-10-17(16)21/h7-10,18H,6,11-15H2,1-5H3,(H,22,26)/t18-/m0/s1. The number of hydrogen-bond acceptors (Lipinski definition) is 4. The van der Waals surface area contributed by atoms with E-state index < -0.39 is 6.04 Å². The lowest BCUT2D eigenvalue weighted by Crippen LogP contribution is -2.59. The maximum Gasteiger partial charge on any atom is 0.242 e. The molecule has 1 aliphatic heterocycles. The number of nitrogens with one attached hydrogen (secondary N) is 1. The zero-order valence-corrected chi connectivity index (χ0v) is 16.8. The van der Waals surface area contributed by atoms with Crippen molar-refractivity contribution in [2.45, 2.75) is 31.3 Å². The number of amides is 1. The summed E-state index contributed by atoms with van der Waals surface area (Å²) in [6.07, 6.45) is 2.03. The van der Waals surface area contributed by atoms with E-state index >= 15 is 0 Å². The molecule has 1 amide bonds. The van der Waals surface area contributed by atoms with E-state index in [0.29, 0.717) is 12.1 Å². The molecule has 0 aromatic heterocycles. The Balaban J connectivity index is 2.10. The molecule has 1 heterocycles. The molecule has 1 saturated heterocycles. The summed E-state index contributed by atoms with van der Waals surface area (Å²) in [5, 5.41) is 3.11. The zero-order chi connectivity index (χ0) is 19.3. The van der Waals surface area contributed by atoms with Crippen LogP contribution in [0.5, 0.6) is 0 Å². The molecule has 1 aliphatic rings. The Bertz CT molecular complexity index is 597. The summed E-state index contributed by atoms with van der Waals surface area (Å²) in [5.74, 6) is -0.501. The van der Waals surface area contributed by atoms with E-state index in [1.807, 2.05) is 0 Å². The summed E-state index contributed by atoms with van der Waals surface area (Å²) in [6, 6.07) is 5.86. The lowest BCUT2D eigenvalue weighted by molar-refractivity contribution is -0.126. The molecular formula is C20H33FN4O. The third-order valence-electron chi connectivity index (χ3n) is 5.74. The number of benzene rings is 1. The van der Waals surface area contributed by atoms with Gasteiger partial charge in [0, 0.05) is 17.6 Å². The topological polar surface area (TPSA) is 38.8 Å². The molecule has 5 nitrogen and oxygen atoms in total. The summed E-state index contributed by atoms with van der Waals surface area (Å²) in [5.41, 5.74) is 0.364. The van der Waals surface area contributed by atoms with Crippen LogP contribution in [0.25, 0.3) is 0 Å². The Morgan fingerprint density at radius 2 is 1.85 bits per heavy atom. The molecule has 1 N–H and O–H groups in total. The van der Waals surface area contributed by atoms with E-state index in [-0.39, 0.29) is 17.3 Å². The van der Waals surface area contributed by atoms with Gasteiger partial charge in [-0.1, -0.05) is 25.1 Å². The van der Waals surface area contributed by atoms with Crippen molar-refractivity contribution < 1.29 is 9.18 Å². The molecular weight excluding hydrogens is 331 g/mol. The van der Waals surface area contributed by atoms with Crippen LogP contribution in [0.3, 0.4) is 0 Å². The van der Waals surface area contributed by atoms with Crippen LogP contribution in [0, 0.1) is 5.82 Å². The van der Waals surface area contributed by atoms with Crippen molar-refractivity contribution in [1.82, 2.24) is 20.0 Å². The van der Waals surface area contributed by atoms with Crippen LogP contribution >= 0.6 is 0 Å². The van der Waals surface area contributed by atoms with Gasteiger partial charge < -0.3 is 15.1 Å². The molecule has 0 saturated carbocycles. The fourth-order valence-electron chi connectivity index (χ4n) is 3.77. The minimum Gasteiger partial charge on any atom is -0.353 e. The predicted molar refractivity (Wildman–Crippen MR) is 104 cm³/mol. The van der Waals surface area contributed by atoms with Gasteiger partial charge in [0.2, 0.25) is 5.91 Å². The molecule has 1 atom stereocenters. The van der Waals surface area contributed by atoms with Crippen LogP contribution < -0.4 is 5.32 Å². The molecule has 1 aromatic carbocycles. The van der Waals surface area contributed by atoms with Crippen molar-refractivity contribution in [3.63, 3.8) is 0 Å². The number of likely N-dealkylation sites (N-methyl/N-ethyl adjacent to an activating group) is 2. The first-order chi connectivity index (χ1) is 12.3. The number of likely N-dealkylation sites (tertiary alicyclic amines) is 1. The van der Waals surface area contributed by atoms with E-state index in [2.05, 4.69) is 36.1 Å². The normalized spacial score (nSPS) is 18.9. The highest BCUT2D eigenvalue weighted by Gasteiger charge is 2.37. The van der Waals surface area contributed by atoms with E-state index in [9.17, 15) is 9.18 Å². The van der Waals surface area contributed by atoms with Crippen molar-refractivity contribution in [2.24, 2.45) is 0 Å². The molecule has 0 aliphatic carbocycles. The van der Waals surface area contributed by atoms with Crippen LogP contribution in [0.15, 0.2) is 24.3 Å². The highest BCUT2D eigenvalue weighted by Crippen LogP contribution is 2.27. The summed E-state index contributed by atoms with van der Waals surface area (Å²) in [7, 11) is 7.76. The van der Waals surface area contributed by atoms with Crippen LogP contribution in [-0.2, 0) is 4.79 Å². The average molecular weight is 365 g/mol. The number of hydrogen-bond donors (Lipinski definition) is 1. The van der Waals surface area contributed by atoms with Crippen LogP contribution in [0.4, 0.5) is 4.39 Å². The van der Waals surface area contributed by atoms with Crippen molar-refractivity contribution in [2.75, 3.05) is 54.4 Å². The first-order valence-corrected chi connectivity index (χ1v) is 9.39. The molecule has 0 spiro atoms. The van der Waals surface area contributed by atoms with Gasteiger partial charge in [0.15, 0.2) is 0 Å². The molecule has 0 radical (unpaired) electrons. The fraction of sp³-hybridized carbons (Fsp3) is 0.650. The molecule has 0 unspecified atom stereocenters. The summed E-state index contributed by atoms with van der Waals surface area (Å²) >= 11 is 0. The minimum atomic E-state index is -0.633. The molecule has 146 valence electrons. The monoisotopic (exact) mass is 364 g/mol. The van der Waals surface area contributed by atoms with Gasteiger partial charge in [-0.3, -0.25) is 9.69 Å². The summed E-state index contributed by atoms with van der Waals surface area (Å²) in [6.45, 7) is 5.89. The van der Waals surface area contributed by atoms with Crippen molar-refractivity contribution in [1.29, 1.82) is 0 Å². The Morgan fingerprint density at radius 1 is 1.23 bits per heavy atom. The van der Waals surface area contributed by atoms with Gasteiger partial charge in [0.05, 0.1) is 0 Å². The highest BCUT2D eigenvalue weighted by molar-refractivity contribution is 5.83. The van der Waals surface area contributed by atoms with E-state index in [1.165, 1.54) is 6.07 Å². The Kier molecular flexibility index (Phi) is 7.15. The van der Waals surface area contributed by atoms with Gasteiger partial charge >= 0.3 is 0 Å². The van der Waals surface area contributed by atoms with Crippen molar-refractivity contribution in [3.05, 3.63) is 35.6 Å². The number of halogens is 1. The maximum absolute atomic E-state index is 14.2. The van der Waals surface area contributed by atoms with Gasteiger partial charge in [0.25, 0.3) is 0 Å². The smallest absolute Gasteiger partial charge is 0.242 e. The zero-order valence-electron chi connectivity index (χ0n) is 16.8. The molecule has 1 fully saturated rings. The van der Waals surface area contributed by atoms with Gasteiger partial charge in [-0.05, 0) is 66.7 Å².